The van der Waals surface area contributed by atoms with Gasteiger partial charge < -0.3 is 15.8 Å². The van der Waals surface area contributed by atoms with Crippen LogP contribution in [0.3, 0.4) is 0 Å². The average Bonchev–Trinajstić information content (AvgIpc) is 2.56. The quantitative estimate of drug-likeness (QED) is 0.793. The van der Waals surface area contributed by atoms with Crippen LogP contribution in [-0.4, -0.2) is 12.5 Å². The molecule has 2 aromatic rings. The Labute approximate surface area is 153 Å². The number of hydrogen-bond acceptors (Lipinski definition) is 3. The first-order valence-electron chi connectivity index (χ1n) is 8.18. The maximum atomic E-state index is 13.4. The standard InChI is InChI=1S/C19H21FN2O2.ClH/c20-16-5-1-2-7-18(16)24-11-10-19(23)22-17-6-3-4-13-12-14(21)8-9-15(13)17;/h1-2,5,7-9,12,17H,3-4,6,10-11,21H2,(H,22,23);1H. The molecule has 2 aromatic carbocycles. The van der Waals surface area contributed by atoms with Crippen LogP contribution in [0.1, 0.15) is 36.4 Å². The normalized spacial score (nSPS) is 15.6. The average molecular weight is 365 g/mol. The zero-order valence-corrected chi connectivity index (χ0v) is 14.7. The van der Waals surface area contributed by atoms with Gasteiger partial charge in [0.2, 0.25) is 5.91 Å². The van der Waals surface area contributed by atoms with Gasteiger partial charge in [-0.15, -0.1) is 12.4 Å². The summed E-state index contributed by atoms with van der Waals surface area (Å²) >= 11 is 0. The highest BCUT2D eigenvalue weighted by atomic mass is 35.5. The second-order valence-electron chi connectivity index (χ2n) is 6.00. The predicted octanol–water partition coefficient (Wildman–Crippen LogP) is 3.79. The number of ether oxygens (including phenoxy) is 1. The lowest BCUT2D eigenvalue weighted by Gasteiger charge is -2.26. The highest BCUT2D eigenvalue weighted by Gasteiger charge is 2.21. The van der Waals surface area contributed by atoms with E-state index in [1.54, 1.807) is 18.2 Å². The number of rotatable bonds is 5. The number of halogens is 2. The van der Waals surface area contributed by atoms with Gasteiger partial charge >= 0.3 is 0 Å². The maximum absolute atomic E-state index is 13.4. The second kappa shape index (κ2) is 8.72. The second-order valence-corrected chi connectivity index (χ2v) is 6.00. The summed E-state index contributed by atoms with van der Waals surface area (Å²) in [4.78, 5) is 12.2. The number of amides is 1. The summed E-state index contributed by atoms with van der Waals surface area (Å²) in [7, 11) is 0. The molecule has 0 radical (unpaired) electrons. The third-order valence-corrected chi connectivity index (χ3v) is 4.24. The zero-order chi connectivity index (χ0) is 16.9. The molecule has 0 aliphatic heterocycles. The SMILES string of the molecule is Cl.Nc1ccc2c(c1)CCCC2NC(=O)CCOc1ccccc1F. The van der Waals surface area contributed by atoms with Gasteiger partial charge in [-0.3, -0.25) is 4.79 Å². The molecule has 4 nitrogen and oxygen atoms in total. The van der Waals surface area contributed by atoms with Crippen LogP contribution in [0.2, 0.25) is 0 Å². The molecule has 0 saturated heterocycles. The third-order valence-electron chi connectivity index (χ3n) is 4.24. The van der Waals surface area contributed by atoms with E-state index in [2.05, 4.69) is 5.32 Å². The Kier molecular flexibility index (Phi) is 6.65. The van der Waals surface area contributed by atoms with Gasteiger partial charge in [0, 0.05) is 5.69 Å². The van der Waals surface area contributed by atoms with Crippen LogP contribution in [-0.2, 0) is 11.2 Å². The van der Waals surface area contributed by atoms with Crippen molar-refractivity contribution in [3.63, 3.8) is 0 Å². The lowest BCUT2D eigenvalue weighted by molar-refractivity contribution is -0.122. The Hall–Kier alpha value is -2.27. The highest BCUT2D eigenvalue weighted by molar-refractivity contribution is 5.85. The molecule has 1 aliphatic rings. The molecule has 0 aromatic heterocycles. The Balaban J connectivity index is 0.00000225. The van der Waals surface area contributed by atoms with Gasteiger partial charge in [-0.2, -0.15) is 0 Å². The number of carbonyl (C=O) groups excluding carboxylic acids is 1. The fraction of sp³-hybridized carbons (Fsp3) is 0.316. The number of anilines is 1. The zero-order valence-electron chi connectivity index (χ0n) is 13.8. The highest BCUT2D eigenvalue weighted by Crippen LogP contribution is 2.31. The molecule has 25 heavy (non-hydrogen) atoms. The number of benzene rings is 2. The summed E-state index contributed by atoms with van der Waals surface area (Å²) in [5.41, 5.74) is 8.92. The summed E-state index contributed by atoms with van der Waals surface area (Å²) in [5.74, 6) is -0.346. The van der Waals surface area contributed by atoms with E-state index in [9.17, 15) is 9.18 Å². The van der Waals surface area contributed by atoms with Crippen LogP contribution in [0.5, 0.6) is 5.75 Å². The maximum Gasteiger partial charge on any atom is 0.223 e. The van der Waals surface area contributed by atoms with Crippen molar-refractivity contribution in [2.24, 2.45) is 0 Å². The molecule has 0 saturated carbocycles. The molecular formula is C19H22ClFN2O2. The van der Waals surface area contributed by atoms with Gasteiger partial charge in [-0.1, -0.05) is 18.2 Å². The molecule has 1 unspecified atom stereocenters. The van der Waals surface area contributed by atoms with E-state index in [0.29, 0.717) is 0 Å². The van der Waals surface area contributed by atoms with Crippen LogP contribution in [0.15, 0.2) is 42.5 Å². The first-order chi connectivity index (χ1) is 11.6. The number of fused-ring (bicyclic) bond motifs is 1. The van der Waals surface area contributed by atoms with Gasteiger partial charge in [0.1, 0.15) is 0 Å². The Morgan fingerprint density at radius 3 is 2.88 bits per heavy atom. The van der Waals surface area contributed by atoms with E-state index in [4.69, 9.17) is 10.5 Å². The monoisotopic (exact) mass is 364 g/mol. The van der Waals surface area contributed by atoms with E-state index in [-0.39, 0.29) is 43.1 Å². The summed E-state index contributed by atoms with van der Waals surface area (Å²) in [6.07, 6.45) is 3.11. The van der Waals surface area contributed by atoms with Crippen molar-refractivity contribution in [1.29, 1.82) is 0 Å². The van der Waals surface area contributed by atoms with Gasteiger partial charge in [0.25, 0.3) is 0 Å². The number of hydrogen-bond donors (Lipinski definition) is 2. The molecule has 134 valence electrons. The number of nitrogens with one attached hydrogen (secondary N) is 1. The topological polar surface area (TPSA) is 64.3 Å². The van der Waals surface area contributed by atoms with Crippen molar-refractivity contribution < 1.29 is 13.9 Å². The van der Waals surface area contributed by atoms with Crippen molar-refractivity contribution in [3.8, 4) is 5.75 Å². The first-order valence-corrected chi connectivity index (χ1v) is 8.18. The smallest absolute Gasteiger partial charge is 0.223 e. The molecule has 0 spiro atoms. The molecule has 1 aliphatic carbocycles. The summed E-state index contributed by atoms with van der Waals surface area (Å²) in [6.45, 7) is 0.147. The van der Waals surface area contributed by atoms with E-state index in [0.717, 1.165) is 30.5 Å². The van der Waals surface area contributed by atoms with Crippen molar-refractivity contribution in [1.82, 2.24) is 5.32 Å². The molecule has 3 N–H and O–H groups in total. The summed E-state index contributed by atoms with van der Waals surface area (Å²) < 4.78 is 18.8. The van der Waals surface area contributed by atoms with E-state index >= 15 is 0 Å². The van der Waals surface area contributed by atoms with Crippen LogP contribution < -0.4 is 15.8 Å². The number of para-hydroxylation sites is 1. The predicted molar refractivity (Wildman–Crippen MR) is 98.4 cm³/mol. The summed E-state index contributed by atoms with van der Waals surface area (Å²) in [5, 5.41) is 3.04. The molecule has 1 atom stereocenters. The molecule has 3 rings (SSSR count). The van der Waals surface area contributed by atoms with Crippen molar-refractivity contribution >= 4 is 24.0 Å². The number of nitrogens with two attached hydrogens (primary N) is 1. The van der Waals surface area contributed by atoms with E-state index in [1.165, 1.54) is 11.6 Å². The lowest BCUT2D eigenvalue weighted by atomic mass is 9.87. The summed E-state index contributed by atoms with van der Waals surface area (Å²) in [6, 6.07) is 12.0. The van der Waals surface area contributed by atoms with Crippen LogP contribution in [0.4, 0.5) is 10.1 Å². The van der Waals surface area contributed by atoms with E-state index < -0.39 is 5.82 Å². The molecule has 6 heteroatoms. The van der Waals surface area contributed by atoms with Crippen LogP contribution in [0.25, 0.3) is 0 Å². The minimum absolute atomic E-state index is 0. The largest absolute Gasteiger partial charge is 0.490 e. The fourth-order valence-corrected chi connectivity index (χ4v) is 3.07. The third kappa shape index (κ3) is 4.86. The number of aryl methyl sites for hydroxylation is 1. The van der Waals surface area contributed by atoms with Crippen LogP contribution >= 0.6 is 12.4 Å². The van der Waals surface area contributed by atoms with Gasteiger partial charge in [-0.25, -0.2) is 4.39 Å². The van der Waals surface area contributed by atoms with Gasteiger partial charge in [-0.05, 0) is 54.7 Å². The molecular weight excluding hydrogens is 343 g/mol. The molecule has 1 amide bonds. The van der Waals surface area contributed by atoms with Crippen LogP contribution in [0, 0.1) is 5.82 Å². The number of carbonyl (C=O) groups is 1. The first kappa shape index (κ1) is 19.1. The Bertz CT molecular complexity index is 739. The minimum Gasteiger partial charge on any atom is -0.490 e. The minimum atomic E-state index is -0.420. The molecule has 0 fully saturated rings. The van der Waals surface area contributed by atoms with Crippen molar-refractivity contribution in [3.05, 3.63) is 59.4 Å². The van der Waals surface area contributed by atoms with Crippen molar-refractivity contribution in [2.45, 2.75) is 31.7 Å². The lowest BCUT2D eigenvalue weighted by Crippen LogP contribution is -2.31. The van der Waals surface area contributed by atoms with E-state index in [1.807, 2.05) is 18.2 Å². The van der Waals surface area contributed by atoms with Gasteiger partial charge in [0.05, 0.1) is 19.1 Å². The Morgan fingerprint density at radius 1 is 1.28 bits per heavy atom. The Morgan fingerprint density at radius 2 is 2.08 bits per heavy atom. The van der Waals surface area contributed by atoms with Crippen molar-refractivity contribution in [2.75, 3.05) is 12.3 Å². The fourth-order valence-electron chi connectivity index (χ4n) is 3.07. The number of nitrogen functional groups attached to an aromatic ring is 1. The molecule has 0 heterocycles. The molecule has 0 bridgehead atoms. The van der Waals surface area contributed by atoms with Gasteiger partial charge in [0.15, 0.2) is 11.6 Å².